The van der Waals surface area contributed by atoms with Gasteiger partial charge in [0.15, 0.2) is 11.5 Å². The van der Waals surface area contributed by atoms with Gasteiger partial charge >= 0.3 is 0 Å². The lowest BCUT2D eigenvalue weighted by atomic mass is 10.3. The van der Waals surface area contributed by atoms with Crippen LogP contribution in [0.4, 0.5) is 5.95 Å². The largest absolute Gasteiger partial charge is 0.494 e. The Labute approximate surface area is 125 Å². The molecule has 0 aliphatic heterocycles. The molecule has 0 saturated carbocycles. The summed E-state index contributed by atoms with van der Waals surface area (Å²) in [4.78, 5) is 14.9. The van der Waals surface area contributed by atoms with Crippen LogP contribution in [0.15, 0.2) is 29.3 Å². The minimum Gasteiger partial charge on any atom is -0.494 e. The molecule has 0 unspecified atom stereocenters. The minimum absolute atomic E-state index is 0.292. The van der Waals surface area contributed by atoms with E-state index >= 15 is 0 Å². The third kappa shape index (κ3) is 2.12. The molecule has 0 fully saturated rings. The van der Waals surface area contributed by atoms with Gasteiger partial charge in [0.05, 0.1) is 7.11 Å². The molecular formula is C13H15N7O2. The van der Waals surface area contributed by atoms with Crippen LogP contribution in [0.5, 0.6) is 5.75 Å². The summed E-state index contributed by atoms with van der Waals surface area (Å²) in [6.45, 7) is 0. The van der Waals surface area contributed by atoms with Gasteiger partial charge in [-0.25, -0.2) is 0 Å². The molecule has 0 bridgehead atoms. The van der Waals surface area contributed by atoms with Crippen molar-refractivity contribution in [3.05, 3.63) is 34.9 Å². The van der Waals surface area contributed by atoms with Crippen molar-refractivity contribution in [3.8, 4) is 23.0 Å². The Hall–Kier alpha value is -3.10. The smallest absolute Gasteiger partial charge is 0.276 e. The molecule has 0 aliphatic rings. The maximum Gasteiger partial charge on any atom is 0.276 e. The van der Waals surface area contributed by atoms with Crippen LogP contribution in [-0.2, 0) is 7.05 Å². The van der Waals surface area contributed by atoms with Gasteiger partial charge in [0.25, 0.3) is 5.56 Å². The molecule has 0 radical (unpaired) electrons. The van der Waals surface area contributed by atoms with Crippen molar-refractivity contribution in [2.24, 2.45) is 7.05 Å². The van der Waals surface area contributed by atoms with Gasteiger partial charge in [-0.2, -0.15) is 5.10 Å². The highest BCUT2D eigenvalue weighted by Gasteiger charge is 2.21. The fourth-order valence-corrected chi connectivity index (χ4v) is 2.19. The van der Waals surface area contributed by atoms with Crippen molar-refractivity contribution in [1.29, 1.82) is 0 Å². The summed E-state index contributed by atoms with van der Waals surface area (Å²) in [5, 5.41) is 15.4. The number of anilines is 1. The van der Waals surface area contributed by atoms with Crippen LogP contribution < -0.4 is 15.6 Å². The van der Waals surface area contributed by atoms with E-state index < -0.39 is 0 Å². The van der Waals surface area contributed by atoms with Crippen molar-refractivity contribution in [2.75, 3.05) is 19.5 Å². The number of hydrogen-bond acceptors (Lipinski definition) is 6. The topological polar surface area (TPSA) is 103 Å². The highest BCUT2D eigenvalue weighted by molar-refractivity contribution is 5.60. The van der Waals surface area contributed by atoms with Gasteiger partial charge in [-0.05, 0) is 12.1 Å². The Kier molecular flexibility index (Phi) is 3.37. The predicted octanol–water partition coefficient (Wildman–Crippen LogP) is 0.406. The molecule has 2 N–H and O–H groups in total. The van der Waals surface area contributed by atoms with Crippen LogP contribution in [0.3, 0.4) is 0 Å². The summed E-state index contributed by atoms with van der Waals surface area (Å²) in [5.74, 6) is 1.27. The number of ether oxygens (including phenoxy) is 1. The van der Waals surface area contributed by atoms with Gasteiger partial charge in [0, 0.05) is 26.5 Å². The Morgan fingerprint density at radius 2 is 2.14 bits per heavy atom. The highest BCUT2D eigenvalue weighted by Crippen LogP contribution is 2.27. The molecule has 9 heteroatoms. The summed E-state index contributed by atoms with van der Waals surface area (Å²) in [7, 11) is 5.01. The lowest BCUT2D eigenvalue weighted by Crippen LogP contribution is -2.17. The van der Waals surface area contributed by atoms with E-state index in [1.165, 1.54) is 13.3 Å². The van der Waals surface area contributed by atoms with E-state index in [1.807, 2.05) is 0 Å². The van der Waals surface area contributed by atoms with Crippen LogP contribution >= 0.6 is 0 Å². The van der Waals surface area contributed by atoms with E-state index in [0.717, 1.165) is 0 Å². The van der Waals surface area contributed by atoms with Crippen LogP contribution in [0.1, 0.15) is 0 Å². The number of nitrogens with one attached hydrogen (secondary N) is 2. The zero-order chi connectivity index (χ0) is 15.7. The van der Waals surface area contributed by atoms with E-state index in [-0.39, 0.29) is 5.56 Å². The predicted molar refractivity (Wildman–Crippen MR) is 80.3 cm³/mol. The fourth-order valence-electron chi connectivity index (χ4n) is 2.19. The zero-order valence-electron chi connectivity index (χ0n) is 12.4. The molecule has 22 heavy (non-hydrogen) atoms. The van der Waals surface area contributed by atoms with Gasteiger partial charge in [0.1, 0.15) is 11.4 Å². The standard InChI is InChI=1S/C13H15N7O2/c1-14-13-17-16-11(8-5-7-19(2)18-8)20(13)10-9(22-3)4-6-15-12(10)21/h4-7H,1-3H3,(H,14,17)(H,15,21). The maximum absolute atomic E-state index is 12.3. The van der Waals surface area contributed by atoms with Gasteiger partial charge in [-0.3, -0.25) is 14.0 Å². The van der Waals surface area contributed by atoms with Crippen molar-refractivity contribution in [1.82, 2.24) is 29.5 Å². The second kappa shape index (κ2) is 5.35. The summed E-state index contributed by atoms with van der Waals surface area (Å²) >= 11 is 0. The zero-order valence-corrected chi connectivity index (χ0v) is 12.4. The molecule has 0 aliphatic carbocycles. The third-order valence-electron chi connectivity index (χ3n) is 3.17. The third-order valence-corrected chi connectivity index (χ3v) is 3.17. The number of H-pyrrole nitrogens is 1. The van der Waals surface area contributed by atoms with Crippen molar-refractivity contribution >= 4 is 5.95 Å². The molecule has 0 saturated heterocycles. The normalized spacial score (nSPS) is 10.7. The molecule has 9 nitrogen and oxygen atoms in total. The monoisotopic (exact) mass is 301 g/mol. The number of nitrogens with zero attached hydrogens (tertiary/aromatic N) is 5. The maximum atomic E-state index is 12.3. The van der Waals surface area contributed by atoms with E-state index in [0.29, 0.717) is 28.9 Å². The first-order valence-corrected chi connectivity index (χ1v) is 6.55. The van der Waals surface area contributed by atoms with Crippen molar-refractivity contribution in [3.63, 3.8) is 0 Å². The average Bonchev–Trinajstić information content (AvgIpc) is 3.12. The van der Waals surface area contributed by atoms with E-state index in [4.69, 9.17) is 4.74 Å². The minimum atomic E-state index is -0.312. The SMILES string of the molecule is CNc1nnc(-c2ccn(C)n2)n1-c1c(OC)cc[nH]c1=O. The average molecular weight is 301 g/mol. The number of aromatic nitrogens is 6. The Morgan fingerprint density at radius 3 is 2.77 bits per heavy atom. The van der Waals surface area contributed by atoms with Crippen molar-refractivity contribution in [2.45, 2.75) is 0 Å². The molecule has 3 aromatic rings. The van der Waals surface area contributed by atoms with E-state index in [1.54, 1.807) is 41.7 Å². The van der Waals surface area contributed by atoms with Gasteiger partial charge < -0.3 is 15.0 Å². The molecule has 3 rings (SSSR count). The first-order chi connectivity index (χ1) is 10.7. The molecule has 0 atom stereocenters. The quantitative estimate of drug-likeness (QED) is 0.723. The summed E-state index contributed by atoms with van der Waals surface area (Å²) in [6.07, 6.45) is 3.31. The van der Waals surface area contributed by atoms with Crippen LogP contribution in [0, 0.1) is 0 Å². The number of aryl methyl sites for hydroxylation is 1. The lowest BCUT2D eigenvalue weighted by Gasteiger charge is -2.11. The summed E-state index contributed by atoms with van der Waals surface area (Å²) < 4.78 is 8.53. The molecule has 0 spiro atoms. The highest BCUT2D eigenvalue weighted by atomic mass is 16.5. The number of pyridine rings is 1. The second-order valence-corrected chi connectivity index (χ2v) is 4.53. The molecule has 0 amide bonds. The van der Waals surface area contributed by atoms with Gasteiger partial charge in [-0.15, -0.1) is 10.2 Å². The Bertz CT molecular complexity index is 861. The fraction of sp³-hybridized carbons (Fsp3) is 0.231. The molecule has 3 aromatic heterocycles. The number of hydrogen-bond donors (Lipinski definition) is 2. The molecule has 3 heterocycles. The number of methoxy groups -OCH3 is 1. The van der Waals surface area contributed by atoms with E-state index in [9.17, 15) is 4.79 Å². The first kappa shape index (κ1) is 13.9. The number of rotatable bonds is 4. The van der Waals surface area contributed by atoms with E-state index in [2.05, 4.69) is 25.6 Å². The summed E-state index contributed by atoms with van der Waals surface area (Å²) in [5.41, 5.74) is 0.578. The Morgan fingerprint density at radius 1 is 1.32 bits per heavy atom. The molecule has 0 aromatic carbocycles. The van der Waals surface area contributed by atoms with Crippen LogP contribution in [0.2, 0.25) is 0 Å². The lowest BCUT2D eigenvalue weighted by molar-refractivity contribution is 0.412. The van der Waals surface area contributed by atoms with Gasteiger partial charge in [0.2, 0.25) is 5.95 Å². The summed E-state index contributed by atoms with van der Waals surface area (Å²) in [6, 6.07) is 3.46. The first-order valence-electron chi connectivity index (χ1n) is 6.55. The second-order valence-electron chi connectivity index (χ2n) is 4.53. The Balaban J connectivity index is 2.31. The van der Waals surface area contributed by atoms with Gasteiger partial charge in [-0.1, -0.05) is 0 Å². The van der Waals surface area contributed by atoms with Crippen LogP contribution in [0.25, 0.3) is 17.2 Å². The van der Waals surface area contributed by atoms with Crippen molar-refractivity contribution < 1.29 is 4.74 Å². The van der Waals surface area contributed by atoms with Crippen LogP contribution in [-0.4, -0.2) is 43.7 Å². The molecule has 114 valence electrons. The molecular weight excluding hydrogens is 286 g/mol. The number of aromatic amines is 1.